The van der Waals surface area contributed by atoms with Crippen LogP contribution in [0.25, 0.3) is 0 Å². The first-order valence-electron chi connectivity index (χ1n) is 1.41. The summed E-state index contributed by atoms with van der Waals surface area (Å²) in [6.45, 7) is 4.12. The average Bonchev–Trinajstić information content (AvgIpc) is 1.38. The maximum atomic E-state index is 3.70. The van der Waals surface area contributed by atoms with Crippen LogP contribution in [-0.2, 0) is 0 Å². The predicted molar refractivity (Wildman–Crippen MR) is 28.3 cm³/mol. The van der Waals surface area contributed by atoms with E-state index in [-0.39, 0.29) is 8.07 Å². The van der Waals surface area contributed by atoms with Gasteiger partial charge in [0.05, 0.1) is 0 Å². The molecule has 0 saturated heterocycles. The van der Waals surface area contributed by atoms with Crippen molar-refractivity contribution in [3.63, 3.8) is 0 Å². The van der Waals surface area contributed by atoms with Crippen molar-refractivity contribution in [3.05, 3.63) is 0 Å². The van der Waals surface area contributed by atoms with E-state index in [4.69, 9.17) is 0 Å². The van der Waals surface area contributed by atoms with Gasteiger partial charge < -0.3 is 0 Å². The summed E-state index contributed by atoms with van der Waals surface area (Å²) in [5.41, 5.74) is 0. The van der Waals surface area contributed by atoms with E-state index in [0.717, 1.165) is 0 Å². The molecule has 0 atom stereocenters. The Hall–Kier alpha value is 0.295. The summed E-state index contributed by atoms with van der Waals surface area (Å²) in [6, 6.07) is 0. The van der Waals surface area contributed by atoms with Gasteiger partial charge in [0.15, 0.2) is 0 Å². The molecule has 0 unspecified atom stereocenters. The molecule has 0 amide bonds. The third-order valence-electron chi connectivity index (χ3n) is 0.283. The van der Waals surface area contributed by atoms with Gasteiger partial charge in [-0.2, -0.15) is 0 Å². The van der Waals surface area contributed by atoms with E-state index in [2.05, 4.69) is 25.6 Å². The molecular formula is C2H7BNP. The average molecular weight is 86.9 g/mol. The first-order valence-corrected chi connectivity index (χ1v) is 3.60. The van der Waals surface area contributed by atoms with E-state index < -0.39 is 0 Å². The van der Waals surface area contributed by atoms with Crippen LogP contribution < -0.4 is 0 Å². The Kier molecular flexibility index (Phi) is 2.68. The van der Waals surface area contributed by atoms with Crippen molar-refractivity contribution in [2.75, 3.05) is 13.3 Å². The van der Waals surface area contributed by atoms with Gasteiger partial charge in [-0.3, -0.25) is 0 Å². The summed E-state index contributed by atoms with van der Waals surface area (Å²) in [7, 11) is 3.25. The number of rotatable bonds is 1. The van der Waals surface area contributed by atoms with Gasteiger partial charge in [-0.15, -0.1) is 0 Å². The molecular weight excluding hydrogens is 79.8 g/mol. The van der Waals surface area contributed by atoms with Crippen molar-refractivity contribution in [2.45, 2.75) is 0 Å². The third kappa shape index (κ3) is 4.29. The molecule has 0 aliphatic rings. The first kappa shape index (κ1) is 5.29. The number of hydrogen-bond acceptors (Lipinski definition) is 1. The quantitative estimate of drug-likeness (QED) is 0.330. The minimum absolute atomic E-state index is 0.0844. The molecule has 0 radical (unpaired) electrons. The molecule has 0 N–H and O–H groups in total. The Balaban J connectivity index is 2.83. The number of hydrogen-bond donors (Lipinski definition) is 0. The summed E-state index contributed by atoms with van der Waals surface area (Å²) in [6.07, 6.45) is 0. The van der Waals surface area contributed by atoms with Crippen molar-refractivity contribution < 1.29 is 0 Å². The fraction of sp³-hybridized carbons (Fsp3) is 1.00. The van der Waals surface area contributed by atoms with E-state index >= 15 is 0 Å². The fourth-order valence-corrected chi connectivity index (χ4v) is 0. The summed E-state index contributed by atoms with van der Waals surface area (Å²) in [4.78, 5) is 0. The van der Waals surface area contributed by atoms with E-state index in [1.54, 1.807) is 0 Å². The van der Waals surface area contributed by atoms with Crippen molar-refractivity contribution in [1.29, 1.82) is 0 Å². The Bertz CT molecular complexity index is 36.6. The molecule has 0 aromatic carbocycles. The van der Waals surface area contributed by atoms with Crippen molar-refractivity contribution in [3.8, 4) is 0 Å². The van der Waals surface area contributed by atoms with Crippen LogP contribution in [0, 0.1) is 0 Å². The SMILES string of the molecule is B=NP(C)C. The van der Waals surface area contributed by atoms with Gasteiger partial charge >= 0.3 is 33.7 Å². The molecule has 0 aromatic rings. The second-order valence-corrected chi connectivity index (χ2v) is 2.97. The van der Waals surface area contributed by atoms with E-state index in [9.17, 15) is 0 Å². The number of nitrogens with zero attached hydrogens (tertiary/aromatic N) is 1. The normalized spacial score (nSPS) is 8.40. The molecule has 0 bridgehead atoms. The topological polar surface area (TPSA) is 12.4 Å². The molecule has 0 heterocycles. The van der Waals surface area contributed by atoms with Gasteiger partial charge in [0, 0.05) is 0 Å². The van der Waals surface area contributed by atoms with Crippen molar-refractivity contribution in [1.82, 2.24) is 0 Å². The van der Waals surface area contributed by atoms with Crippen LogP contribution in [0.3, 0.4) is 0 Å². The fourth-order valence-electron chi connectivity index (χ4n) is 0. The van der Waals surface area contributed by atoms with Gasteiger partial charge in [-0.05, 0) is 0 Å². The second kappa shape index (κ2) is 2.53. The zero-order chi connectivity index (χ0) is 4.28. The van der Waals surface area contributed by atoms with Crippen LogP contribution in [0.15, 0.2) is 4.67 Å². The predicted octanol–water partition coefficient (Wildman–Crippen LogP) is 0.727. The van der Waals surface area contributed by atoms with Gasteiger partial charge in [0.25, 0.3) is 0 Å². The van der Waals surface area contributed by atoms with Gasteiger partial charge in [-0.25, -0.2) is 0 Å². The van der Waals surface area contributed by atoms with Crippen molar-refractivity contribution >= 4 is 15.7 Å². The summed E-state index contributed by atoms with van der Waals surface area (Å²) in [5.74, 6) is 0. The zero-order valence-electron chi connectivity index (χ0n) is 3.60. The van der Waals surface area contributed by atoms with Crippen LogP contribution in [-0.4, -0.2) is 21.0 Å². The Morgan fingerprint density at radius 3 is 1.80 bits per heavy atom. The Morgan fingerprint density at radius 1 is 1.60 bits per heavy atom. The van der Waals surface area contributed by atoms with E-state index in [1.165, 1.54) is 0 Å². The van der Waals surface area contributed by atoms with Crippen LogP contribution in [0.4, 0.5) is 0 Å². The second-order valence-electron chi connectivity index (χ2n) is 0.989. The zero-order valence-corrected chi connectivity index (χ0v) is 4.50. The van der Waals surface area contributed by atoms with E-state index in [1.807, 2.05) is 0 Å². The van der Waals surface area contributed by atoms with Crippen molar-refractivity contribution in [2.24, 2.45) is 4.67 Å². The maximum absolute atomic E-state index is 3.70. The molecule has 3 heteroatoms. The van der Waals surface area contributed by atoms with E-state index in [0.29, 0.717) is 0 Å². The molecule has 0 saturated carbocycles. The first-order chi connectivity index (χ1) is 2.27. The Morgan fingerprint density at radius 2 is 1.80 bits per heavy atom. The summed E-state index contributed by atoms with van der Waals surface area (Å²) < 4.78 is 3.70. The third-order valence-corrected chi connectivity index (χ3v) is 0.849. The van der Waals surface area contributed by atoms with Crippen LogP contribution in [0.2, 0.25) is 0 Å². The van der Waals surface area contributed by atoms with Gasteiger partial charge in [0.2, 0.25) is 0 Å². The minimum atomic E-state index is -0.0844. The van der Waals surface area contributed by atoms with Gasteiger partial charge in [-0.1, -0.05) is 0 Å². The molecule has 1 nitrogen and oxygen atoms in total. The van der Waals surface area contributed by atoms with Gasteiger partial charge in [0.1, 0.15) is 0 Å². The summed E-state index contributed by atoms with van der Waals surface area (Å²) in [5, 5.41) is 0. The molecule has 0 rings (SSSR count). The standard InChI is InChI=1S/C2H7BNP/c1-5(2)4-3/h3H,1-2H3. The molecule has 5 heavy (non-hydrogen) atoms. The summed E-state index contributed by atoms with van der Waals surface area (Å²) >= 11 is 0. The van der Waals surface area contributed by atoms with Crippen LogP contribution in [0.1, 0.15) is 0 Å². The molecule has 28 valence electrons. The monoisotopic (exact) mass is 87.0 g/mol. The van der Waals surface area contributed by atoms with Crippen LogP contribution >= 0.6 is 8.07 Å². The molecule has 0 aliphatic heterocycles. The Labute approximate surface area is 34.7 Å². The molecule has 0 fully saturated rings. The molecule has 0 spiro atoms. The molecule has 0 aromatic heterocycles. The van der Waals surface area contributed by atoms with Crippen LogP contribution in [0.5, 0.6) is 0 Å². The molecule has 0 aliphatic carbocycles.